The monoisotopic (exact) mass is 799 g/mol. The van der Waals surface area contributed by atoms with Gasteiger partial charge in [0.2, 0.25) is 5.91 Å². The number of benzene rings is 3. The van der Waals surface area contributed by atoms with Gasteiger partial charge in [0.15, 0.2) is 0 Å². The quantitative estimate of drug-likeness (QED) is 0.142. The number of carbonyl (C=O) groups is 5. The van der Waals surface area contributed by atoms with Crippen LogP contribution in [0.4, 0.5) is 21.9 Å². The molecule has 0 spiro atoms. The normalized spacial score (nSPS) is 15.3. The Morgan fingerprint density at radius 2 is 1.66 bits per heavy atom. The molecule has 4 amide bonds. The molecule has 2 aliphatic heterocycles. The number of carbonyl (C=O) groups excluding carboxylic acids is 5. The number of nitrogens with one attached hydrogen (secondary N) is 1. The Balaban J connectivity index is 1.24. The highest BCUT2D eigenvalue weighted by Gasteiger charge is 2.43. The SMILES string of the molecule is CCOC(=O)C1Cc2c(C(=O)Nc3ccc(C(=O)N(C)c4ccc(C)cc4OCCCCCC(=O)N4CCN(C)CC4)cc3OC)cccc2N1C(=O)OC(C)(C)C. The van der Waals surface area contributed by atoms with E-state index in [-0.39, 0.29) is 36.2 Å². The van der Waals surface area contributed by atoms with Crippen LogP contribution in [0.25, 0.3) is 0 Å². The first-order chi connectivity index (χ1) is 27.6. The first kappa shape index (κ1) is 43.5. The molecule has 312 valence electrons. The molecule has 14 nitrogen and oxygen atoms in total. The highest BCUT2D eigenvalue weighted by molar-refractivity contribution is 6.10. The zero-order valence-corrected chi connectivity index (χ0v) is 35.0. The number of hydrogen-bond donors (Lipinski definition) is 1. The van der Waals surface area contributed by atoms with Crippen LogP contribution in [0.2, 0.25) is 0 Å². The lowest BCUT2D eigenvalue weighted by molar-refractivity contribution is -0.144. The topological polar surface area (TPSA) is 147 Å². The van der Waals surface area contributed by atoms with E-state index in [9.17, 15) is 24.0 Å². The average molecular weight is 800 g/mol. The van der Waals surface area contributed by atoms with E-state index in [1.165, 1.54) is 16.9 Å². The number of ether oxygens (including phenoxy) is 4. The maximum atomic E-state index is 13.9. The van der Waals surface area contributed by atoms with Crippen LogP contribution in [0.5, 0.6) is 11.5 Å². The molecule has 1 saturated heterocycles. The number of anilines is 3. The first-order valence-corrected chi connectivity index (χ1v) is 19.9. The molecule has 1 unspecified atom stereocenters. The zero-order valence-electron chi connectivity index (χ0n) is 35.0. The minimum atomic E-state index is -1.01. The summed E-state index contributed by atoms with van der Waals surface area (Å²) in [6, 6.07) is 14.3. The van der Waals surface area contributed by atoms with E-state index < -0.39 is 29.6 Å². The minimum absolute atomic E-state index is 0.0524. The standard InChI is InChI=1S/C44H57N5O9/c1-9-56-42(53)36-28-32-31(14-13-15-34(32)49(36)43(54)58-44(3,4)5)40(51)45-33-19-18-30(27-37(33)55-8)41(52)47(7)35-20-17-29(2)26-38(35)57-25-12-10-11-16-39(50)48-23-21-46(6)22-24-48/h13-15,17-20,26-27,36H,9-12,16,21-25,28H2,1-8H3,(H,45,51). The van der Waals surface area contributed by atoms with Crippen LogP contribution in [-0.2, 0) is 25.5 Å². The number of aryl methyl sites for hydroxylation is 1. The second kappa shape index (κ2) is 19.2. The Kier molecular flexibility index (Phi) is 14.4. The van der Waals surface area contributed by atoms with Crippen molar-refractivity contribution < 1.29 is 42.9 Å². The summed E-state index contributed by atoms with van der Waals surface area (Å²) in [5.41, 5.74) is 2.52. The predicted octanol–water partition coefficient (Wildman–Crippen LogP) is 6.48. The van der Waals surface area contributed by atoms with Crippen LogP contribution in [0.3, 0.4) is 0 Å². The van der Waals surface area contributed by atoms with Crippen molar-refractivity contribution >= 4 is 46.8 Å². The maximum Gasteiger partial charge on any atom is 0.415 e. The number of nitrogens with zero attached hydrogens (tertiary/aromatic N) is 4. The van der Waals surface area contributed by atoms with Crippen molar-refractivity contribution in [2.45, 2.75) is 78.4 Å². The summed E-state index contributed by atoms with van der Waals surface area (Å²) in [7, 11) is 5.19. The molecule has 0 aliphatic carbocycles. The highest BCUT2D eigenvalue weighted by atomic mass is 16.6. The Bertz CT molecular complexity index is 1990. The third-order valence-electron chi connectivity index (χ3n) is 10.1. The fourth-order valence-electron chi connectivity index (χ4n) is 7.03. The Labute approximate surface area is 341 Å². The molecular weight excluding hydrogens is 743 g/mol. The summed E-state index contributed by atoms with van der Waals surface area (Å²) in [6.07, 6.45) is 2.27. The molecule has 0 radical (unpaired) electrons. The molecule has 5 rings (SSSR count). The molecule has 1 atom stereocenters. The highest BCUT2D eigenvalue weighted by Crippen LogP contribution is 2.38. The predicted molar refractivity (Wildman–Crippen MR) is 222 cm³/mol. The summed E-state index contributed by atoms with van der Waals surface area (Å²) in [5.74, 6) is -0.380. The smallest absolute Gasteiger partial charge is 0.415 e. The number of esters is 1. The Morgan fingerprint density at radius 3 is 2.34 bits per heavy atom. The molecular formula is C44H57N5O9. The van der Waals surface area contributed by atoms with Gasteiger partial charge in [-0.2, -0.15) is 0 Å². The molecule has 0 aromatic heterocycles. The van der Waals surface area contributed by atoms with Crippen molar-refractivity contribution in [3.8, 4) is 11.5 Å². The van der Waals surface area contributed by atoms with E-state index in [2.05, 4.69) is 17.3 Å². The van der Waals surface area contributed by atoms with E-state index in [4.69, 9.17) is 18.9 Å². The van der Waals surface area contributed by atoms with Gasteiger partial charge in [0.05, 0.1) is 37.4 Å². The van der Waals surface area contributed by atoms with Crippen LogP contribution in [0.15, 0.2) is 54.6 Å². The Morgan fingerprint density at radius 1 is 0.914 bits per heavy atom. The fraction of sp³-hybridized carbons (Fsp3) is 0.477. The average Bonchev–Trinajstić information content (AvgIpc) is 3.59. The van der Waals surface area contributed by atoms with Gasteiger partial charge in [-0.15, -0.1) is 0 Å². The largest absolute Gasteiger partial charge is 0.495 e. The van der Waals surface area contributed by atoms with Gasteiger partial charge in [-0.1, -0.05) is 12.1 Å². The number of methoxy groups -OCH3 is 1. The van der Waals surface area contributed by atoms with Crippen LogP contribution in [-0.4, -0.2) is 112 Å². The number of unbranched alkanes of at least 4 members (excludes halogenated alkanes) is 2. The van der Waals surface area contributed by atoms with Crippen molar-refractivity contribution in [1.29, 1.82) is 0 Å². The Hall–Kier alpha value is -5.63. The molecule has 14 heteroatoms. The van der Waals surface area contributed by atoms with Gasteiger partial charge in [-0.05, 0) is 115 Å². The minimum Gasteiger partial charge on any atom is -0.495 e. The van der Waals surface area contributed by atoms with E-state index in [1.807, 2.05) is 30.0 Å². The lowest BCUT2D eigenvalue weighted by Crippen LogP contribution is -2.47. The molecule has 0 saturated carbocycles. The number of rotatable bonds is 14. The molecule has 3 aromatic carbocycles. The summed E-state index contributed by atoms with van der Waals surface area (Å²) in [5, 5.41) is 2.88. The van der Waals surface area contributed by atoms with Crippen molar-refractivity contribution in [3.63, 3.8) is 0 Å². The third-order valence-corrected chi connectivity index (χ3v) is 10.1. The van der Waals surface area contributed by atoms with Gasteiger partial charge >= 0.3 is 12.1 Å². The molecule has 58 heavy (non-hydrogen) atoms. The molecule has 1 fully saturated rings. The molecule has 2 heterocycles. The van der Waals surface area contributed by atoms with Crippen LogP contribution < -0.4 is 24.6 Å². The van der Waals surface area contributed by atoms with Crippen LogP contribution >= 0.6 is 0 Å². The van der Waals surface area contributed by atoms with Crippen molar-refractivity contribution in [1.82, 2.24) is 9.80 Å². The van der Waals surface area contributed by atoms with Gasteiger partial charge in [0, 0.05) is 57.2 Å². The fourth-order valence-corrected chi connectivity index (χ4v) is 7.03. The zero-order chi connectivity index (χ0) is 42.1. The molecule has 2 aliphatic rings. The van der Waals surface area contributed by atoms with Gasteiger partial charge in [-0.3, -0.25) is 19.3 Å². The van der Waals surface area contributed by atoms with Gasteiger partial charge in [0.1, 0.15) is 23.1 Å². The number of hydrogen-bond acceptors (Lipinski definition) is 10. The maximum absolute atomic E-state index is 13.9. The summed E-state index contributed by atoms with van der Waals surface area (Å²) < 4.78 is 22.7. The summed E-state index contributed by atoms with van der Waals surface area (Å²) in [4.78, 5) is 73.6. The number of amides is 4. The van der Waals surface area contributed by atoms with Crippen molar-refractivity contribution in [2.24, 2.45) is 0 Å². The summed E-state index contributed by atoms with van der Waals surface area (Å²) in [6.45, 7) is 12.8. The second-order valence-corrected chi connectivity index (χ2v) is 15.7. The number of fused-ring (bicyclic) bond motifs is 1. The van der Waals surface area contributed by atoms with Gasteiger partial charge < -0.3 is 39.0 Å². The van der Waals surface area contributed by atoms with Gasteiger partial charge in [-0.25, -0.2) is 9.59 Å². The van der Waals surface area contributed by atoms with E-state index >= 15 is 0 Å². The van der Waals surface area contributed by atoms with E-state index in [1.54, 1.807) is 71.1 Å². The number of piperazine rings is 1. The van der Waals surface area contributed by atoms with Crippen molar-refractivity contribution in [3.05, 3.63) is 76.9 Å². The van der Waals surface area contributed by atoms with Crippen LogP contribution in [0, 0.1) is 6.92 Å². The molecule has 3 aromatic rings. The lowest BCUT2D eigenvalue weighted by atomic mass is 10.0. The molecule has 0 bridgehead atoms. The van der Waals surface area contributed by atoms with Crippen LogP contribution in [0.1, 0.15) is 85.2 Å². The third kappa shape index (κ3) is 10.6. The number of likely N-dealkylation sites (N-methyl/N-ethyl adjacent to an activating group) is 1. The second-order valence-electron chi connectivity index (χ2n) is 15.7. The lowest BCUT2D eigenvalue weighted by Gasteiger charge is -2.32. The van der Waals surface area contributed by atoms with E-state index in [0.717, 1.165) is 51.0 Å². The van der Waals surface area contributed by atoms with Gasteiger partial charge in [0.25, 0.3) is 11.8 Å². The molecule has 1 N–H and O–H groups in total. The first-order valence-electron chi connectivity index (χ1n) is 19.9. The van der Waals surface area contributed by atoms with Crippen molar-refractivity contribution in [2.75, 3.05) is 75.7 Å². The van der Waals surface area contributed by atoms with E-state index in [0.29, 0.717) is 47.0 Å². The summed E-state index contributed by atoms with van der Waals surface area (Å²) >= 11 is 0.